The van der Waals surface area contributed by atoms with Gasteiger partial charge in [-0.1, -0.05) is 18.2 Å². The number of hydrogen-bond acceptors (Lipinski definition) is 2. The molecule has 1 aromatic heterocycles. The Bertz CT molecular complexity index is 717. The van der Waals surface area contributed by atoms with E-state index in [1.165, 1.54) is 28.4 Å². The molecular weight excluding hydrogens is 246 g/mol. The smallest absolute Gasteiger partial charge is 0.137 e. The predicted molar refractivity (Wildman–Crippen MR) is 77.8 cm³/mol. The molecule has 1 aliphatic rings. The van der Waals surface area contributed by atoms with Crippen LogP contribution in [0.2, 0.25) is 0 Å². The normalized spacial score (nSPS) is 14.0. The van der Waals surface area contributed by atoms with Gasteiger partial charge in [-0.15, -0.1) is 12.4 Å². The minimum absolute atomic E-state index is 0. The number of rotatable bonds is 0. The van der Waals surface area contributed by atoms with Gasteiger partial charge in [0, 0.05) is 29.1 Å². The van der Waals surface area contributed by atoms with Crippen LogP contribution in [0.4, 0.5) is 5.69 Å². The van der Waals surface area contributed by atoms with Gasteiger partial charge in [0.15, 0.2) is 0 Å². The topological polar surface area (TPSA) is 25.2 Å². The molecule has 3 heteroatoms. The lowest BCUT2D eigenvalue weighted by molar-refractivity contribution is 0.668. The number of fused-ring (bicyclic) bond motifs is 4. The standard InChI is InChI=1S/C15H13NO.ClH/c1-2-6-14-11(5-1)12-8-10-4-3-7-16-13(10)9-15(12)17-14;/h1-2,5-6,8-9,16H,3-4,7H2;1H. The Morgan fingerprint density at radius 2 is 1.89 bits per heavy atom. The maximum atomic E-state index is 5.88. The van der Waals surface area contributed by atoms with Gasteiger partial charge >= 0.3 is 0 Å². The van der Waals surface area contributed by atoms with Gasteiger partial charge in [-0.2, -0.15) is 0 Å². The first-order chi connectivity index (χ1) is 8.42. The molecule has 2 aromatic carbocycles. The SMILES string of the molecule is Cl.c1ccc2c(c1)oc1cc3c(cc12)CCCN3. The van der Waals surface area contributed by atoms with Crippen LogP contribution in [0.5, 0.6) is 0 Å². The Balaban J connectivity index is 0.000001000. The monoisotopic (exact) mass is 259 g/mol. The number of nitrogens with one attached hydrogen (secondary N) is 1. The second-order valence-electron chi connectivity index (χ2n) is 4.63. The van der Waals surface area contributed by atoms with Crippen molar-refractivity contribution in [3.63, 3.8) is 0 Å². The number of halogens is 1. The highest BCUT2D eigenvalue weighted by molar-refractivity contribution is 6.06. The number of benzene rings is 2. The van der Waals surface area contributed by atoms with Crippen molar-refractivity contribution in [1.82, 2.24) is 0 Å². The molecule has 0 amide bonds. The molecule has 92 valence electrons. The van der Waals surface area contributed by atoms with Gasteiger partial charge in [0.1, 0.15) is 11.2 Å². The van der Waals surface area contributed by atoms with E-state index in [1.807, 2.05) is 12.1 Å². The van der Waals surface area contributed by atoms with Crippen molar-refractivity contribution in [2.45, 2.75) is 12.8 Å². The van der Waals surface area contributed by atoms with Crippen LogP contribution in [0, 0.1) is 0 Å². The Morgan fingerprint density at radius 3 is 2.83 bits per heavy atom. The fourth-order valence-corrected chi connectivity index (χ4v) is 2.69. The van der Waals surface area contributed by atoms with Crippen LogP contribution in [0.3, 0.4) is 0 Å². The number of furan rings is 1. The lowest BCUT2D eigenvalue weighted by Crippen LogP contribution is -2.11. The second kappa shape index (κ2) is 4.21. The average molecular weight is 260 g/mol. The third-order valence-electron chi connectivity index (χ3n) is 3.54. The summed E-state index contributed by atoms with van der Waals surface area (Å²) in [5.74, 6) is 0. The lowest BCUT2D eigenvalue weighted by atomic mass is 10.0. The van der Waals surface area contributed by atoms with E-state index in [0.29, 0.717) is 0 Å². The summed E-state index contributed by atoms with van der Waals surface area (Å²) in [6.45, 7) is 1.07. The molecule has 0 fully saturated rings. The summed E-state index contributed by atoms with van der Waals surface area (Å²) in [7, 11) is 0. The highest BCUT2D eigenvalue weighted by Gasteiger charge is 2.13. The van der Waals surface area contributed by atoms with Gasteiger partial charge in [0.25, 0.3) is 0 Å². The van der Waals surface area contributed by atoms with Crippen LogP contribution in [-0.2, 0) is 6.42 Å². The quantitative estimate of drug-likeness (QED) is 0.649. The molecular formula is C15H14ClNO. The number of aryl methyl sites for hydroxylation is 1. The van der Waals surface area contributed by atoms with Crippen LogP contribution < -0.4 is 5.32 Å². The largest absolute Gasteiger partial charge is 0.456 e. The first-order valence-corrected chi connectivity index (χ1v) is 6.10. The number of hydrogen-bond donors (Lipinski definition) is 1. The molecule has 0 bridgehead atoms. The number of para-hydroxylation sites is 1. The maximum Gasteiger partial charge on any atom is 0.137 e. The van der Waals surface area contributed by atoms with Crippen molar-refractivity contribution in [1.29, 1.82) is 0 Å². The lowest BCUT2D eigenvalue weighted by Gasteiger charge is -2.17. The molecule has 0 atom stereocenters. The van der Waals surface area contributed by atoms with E-state index < -0.39 is 0 Å². The molecule has 2 heterocycles. The molecule has 0 saturated heterocycles. The highest BCUT2D eigenvalue weighted by Crippen LogP contribution is 2.34. The summed E-state index contributed by atoms with van der Waals surface area (Å²) in [6, 6.07) is 12.7. The Hall–Kier alpha value is -1.67. The zero-order valence-electron chi connectivity index (χ0n) is 9.90. The van der Waals surface area contributed by atoms with Crippen LogP contribution >= 0.6 is 12.4 Å². The van der Waals surface area contributed by atoms with E-state index in [2.05, 4.69) is 29.6 Å². The first-order valence-electron chi connectivity index (χ1n) is 6.10. The summed E-state index contributed by atoms with van der Waals surface area (Å²) < 4.78 is 5.88. The van der Waals surface area contributed by atoms with Crippen molar-refractivity contribution in [3.8, 4) is 0 Å². The van der Waals surface area contributed by atoms with E-state index in [0.717, 1.165) is 24.1 Å². The van der Waals surface area contributed by atoms with Crippen LogP contribution in [0.15, 0.2) is 40.8 Å². The van der Waals surface area contributed by atoms with Gasteiger partial charge in [-0.25, -0.2) is 0 Å². The second-order valence-corrected chi connectivity index (χ2v) is 4.63. The van der Waals surface area contributed by atoms with Crippen molar-refractivity contribution in [2.24, 2.45) is 0 Å². The van der Waals surface area contributed by atoms with Gasteiger partial charge < -0.3 is 9.73 Å². The van der Waals surface area contributed by atoms with Crippen molar-refractivity contribution >= 4 is 40.0 Å². The van der Waals surface area contributed by atoms with E-state index in [4.69, 9.17) is 4.42 Å². The van der Waals surface area contributed by atoms with Gasteiger partial charge in [0.2, 0.25) is 0 Å². The molecule has 2 nitrogen and oxygen atoms in total. The van der Waals surface area contributed by atoms with Crippen LogP contribution in [0.1, 0.15) is 12.0 Å². The molecule has 0 aliphatic carbocycles. The molecule has 0 unspecified atom stereocenters. The fourth-order valence-electron chi connectivity index (χ4n) is 2.69. The molecule has 4 rings (SSSR count). The Kier molecular flexibility index (Phi) is 2.67. The summed E-state index contributed by atoms with van der Waals surface area (Å²) in [6.07, 6.45) is 2.38. The highest BCUT2D eigenvalue weighted by atomic mass is 35.5. The van der Waals surface area contributed by atoms with Crippen molar-refractivity contribution in [2.75, 3.05) is 11.9 Å². The van der Waals surface area contributed by atoms with Crippen LogP contribution in [-0.4, -0.2) is 6.54 Å². The van der Waals surface area contributed by atoms with Crippen LogP contribution in [0.25, 0.3) is 21.9 Å². The van der Waals surface area contributed by atoms with Crippen molar-refractivity contribution in [3.05, 3.63) is 42.0 Å². The van der Waals surface area contributed by atoms with Crippen molar-refractivity contribution < 1.29 is 4.42 Å². The summed E-state index contributed by atoms with van der Waals surface area (Å²) in [4.78, 5) is 0. The minimum Gasteiger partial charge on any atom is -0.456 e. The van der Waals surface area contributed by atoms with Gasteiger partial charge in [0.05, 0.1) is 0 Å². The summed E-state index contributed by atoms with van der Waals surface area (Å²) in [5, 5.41) is 5.90. The molecule has 1 N–H and O–H groups in total. The van der Waals surface area contributed by atoms with E-state index in [9.17, 15) is 0 Å². The summed E-state index contributed by atoms with van der Waals surface area (Å²) in [5.41, 5.74) is 4.61. The zero-order chi connectivity index (χ0) is 11.2. The minimum atomic E-state index is 0. The number of anilines is 1. The van der Waals surface area contributed by atoms with E-state index in [1.54, 1.807) is 0 Å². The van der Waals surface area contributed by atoms with Gasteiger partial charge in [-0.05, 0) is 30.5 Å². The maximum absolute atomic E-state index is 5.88. The molecule has 18 heavy (non-hydrogen) atoms. The molecule has 1 aliphatic heterocycles. The molecule has 0 spiro atoms. The van der Waals surface area contributed by atoms with E-state index in [-0.39, 0.29) is 12.4 Å². The molecule has 0 radical (unpaired) electrons. The fraction of sp³-hybridized carbons (Fsp3) is 0.200. The summed E-state index contributed by atoms with van der Waals surface area (Å²) >= 11 is 0. The molecule has 0 saturated carbocycles. The first kappa shape index (κ1) is 11.4. The third kappa shape index (κ3) is 1.57. The van der Waals surface area contributed by atoms with Gasteiger partial charge in [-0.3, -0.25) is 0 Å². The third-order valence-corrected chi connectivity index (χ3v) is 3.54. The Labute approximate surface area is 111 Å². The molecule has 3 aromatic rings. The Morgan fingerprint density at radius 1 is 1.00 bits per heavy atom. The predicted octanol–water partition coefficient (Wildman–Crippen LogP) is 4.37. The zero-order valence-corrected chi connectivity index (χ0v) is 10.7. The average Bonchev–Trinajstić information content (AvgIpc) is 2.73. The van der Waals surface area contributed by atoms with E-state index >= 15 is 0 Å².